The minimum absolute atomic E-state index is 0.117. The highest BCUT2D eigenvalue weighted by Gasteiger charge is 2.22. The van der Waals surface area contributed by atoms with Gasteiger partial charge in [-0.25, -0.2) is 4.98 Å². The van der Waals surface area contributed by atoms with Crippen LogP contribution in [0.25, 0.3) is 0 Å². The Hall–Kier alpha value is -0.870. The molecular formula is C12H21N3O. The van der Waals surface area contributed by atoms with Gasteiger partial charge < -0.3 is 14.6 Å². The maximum Gasteiger partial charge on any atom is 0.0953 e. The molecule has 0 radical (unpaired) electrons. The Labute approximate surface area is 97.0 Å². The number of imidazole rings is 1. The third-order valence-electron chi connectivity index (χ3n) is 2.95. The average molecular weight is 223 g/mol. The van der Waals surface area contributed by atoms with Crippen LogP contribution in [0, 0.1) is 0 Å². The predicted molar refractivity (Wildman–Crippen MR) is 63.3 cm³/mol. The number of nitrogens with zero attached hydrogens (tertiary/aromatic N) is 2. The summed E-state index contributed by atoms with van der Waals surface area (Å²) < 4.78 is 7.97. The summed E-state index contributed by atoms with van der Waals surface area (Å²) >= 11 is 0. The quantitative estimate of drug-likeness (QED) is 0.837. The van der Waals surface area contributed by atoms with E-state index in [2.05, 4.69) is 28.7 Å². The molecule has 2 rings (SSSR count). The number of nitrogens with one attached hydrogen (secondary N) is 1. The van der Waals surface area contributed by atoms with Gasteiger partial charge in [-0.15, -0.1) is 0 Å². The molecule has 1 aliphatic heterocycles. The number of ether oxygens (including phenoxy) is 1. The maximum atomic E-state index is 5.73. The first-order valence-electron chi connectivity index (χ1n) is 6.00. The molecule has 4 heteroatoms. The second-order valence-electron chi connectivity index (χ2n) is 4.89. The standard InChI is InChI=1S/C12H21N3O/c1-4-16-12(2,3)8-15-9-14-10-7-13-6-5-11(10)15/h9,13H,4-8H2,1-3H3. The van der Waals surface area contributed by atoms with Crippen molar-refractivity contribution in [2.75, 3.05) is 13.2 Å². The Morgan fingerprint density at radius 1 is 1.56 bits per heavy atom. The minimum atomic E-state index is -0.117. The molecule has 0 aliphatic carbocycles. The van der Waals surface area contributed by atoms with E-state index in [1.807, 2.05) is 13.3 Å². The largest absolute Gasteiger partial charge is 0.374 e. The summed E-state index contributed by atoms with van der Waals surface area (Å²) in [5.41, 5.74) is 2.44. The van der Waals surface area contributed by atoms with Crippen LogP contribution >= 0.6 is 0 Å². The van der Waals surface area contributed by atoms with E-state index in [0.29, 0.717) is 0 Å². The highest BCUT2D eigenvalue weighted by Crippen LogP contribution is 2.18. The summed E-state index contributed by atoms with van der Waals surface area (Å²) in [5, 5.41) is 3.34. The van der Waals surface area contributed by atoms with Gasteiger partial charge in [0.2, 0.25) is 0 Å². The molecule has 0 saturated heterocycles. The van der Waals surface area contributed by atoms with Crippen LogP contribution in [0.4, 0.5) is 0 Å². The molecule has 1 aromatic heterocycles. The van der Waals surface area contributed by atoms with E-state index in [9.17, 15) is 0 Å². The number of hydrogen-bond donors (Lipinski definition) is 1. The molecule has 0 bridgehead atoms. The van der Waals surface area contributed by atoms with Crippen molar-refractivity contribution in [1.29, 1.82) is 0 Å². The zero-order valence-corrected chi connectivity index (χ0v) is 10.4. The first-order valence-corrected chi connectivity index (χ1v) is 6.00. The molecule has 0 spiro atoms. The van der Waals surface area contributed by atoms with E-state index >= 15 is 0 Å². The molecule has 4 nitrogen and oxygen atoms in total. The minimum Gasteiger partial charge on any atom is -0.374 e. The Balaban J connectivity index is 2.12. The van der Waals surface area contributed by atoms with Gasteiger partial charge in [-0.2, -0.15) is 0 Å². The van der Waals surface area contributed by atoms with Gasteiger partial charge in [0, 0.05) is 31.8 Å². The van der Waals surface area contributed by atoms with E-state index in [1.54, 1.807) is 0 Å². The number of aromatic nitrogens is 2. The van der Waals surface area contributed by atoms with E-state index in [-0.39, 0.29) is 5.60 Å². The van der Waals surface area contributed by atoms with Crippen LogP contribution in [-0.2, 0) is 24.2 Å². The predicted octanol–water partition coefficient (Wildman–Crippen LogP) is 1.34. The smallest absolute Gasteiger partial charge is 0.0953 e. The van der Waals surface area contributed by atoms with Crippen LogP contribution in [0.5, 0.6) is 0 Å². The van der Waals surface area contributed by atoms with Crippen LogP contribution in [0.15, 0.2) is 6.33 Å². The summed E-state index contributed by atoms with van der Waals surface area (Å²) in [6, 6.07) is 0. The fourth-order valence-electron chi connectivity index (χ4n) is 2.28. The van der Waals surface area contributed by atoms with E-state index in [1.165, 1.54) is 11.4 Å². The average Bonchev–Trinajstić information content (AvgIpc) is 2.61. The van der Waals surface area contributed by atoms with Gasteiger partial charge >= 0.3 is 0 Å². The number of hydrogen-bond acceptors (Lipinski definition) is 3. The molecule has 0 amide bonds. The summed E-state index contributed by atoms with van der Waals surface area (Å²) in [4.78, 5) is 4.45. The second-order valence-corrected chi connectivity index (χ2v) is 4.89. The third kappa shape index (κ3) is 2.44. The topological polar surface area (TPSA) is 39.1 Å². The normalized spacial score (nSPS) is 16.2. The van der Waals surface area contributed by atoms with Crippen LogP contribution in [-0.4, -0.2) is 28.3 Å². The second kappa shape index (κ2) is 4.55. The van der Waals surface area contributed by atoms with Crippen molar-refractivity contribution in [3.8, 4) is 0 Å². The SMILES string of the molecule is CCOC(C)(C)Cn1cnc2c1CCNC2. The summed E-state index contributed by atoms with van der Waals surface area (Å²) in [6.07, 6.45) is 3.01. The van der Waals surface area contributed by atoms with Gasteiger partial charge in [-0.3, -0.25) is 0 Å². The van der Waals surface area contributed by atoms with Gasteiger partial charge in [0.15, 0.2) is 0 Å². The van der Waals surface area contributed by atoms with Crippen molar-refractivity contribution in [3.05, 3.63) is 17.7 Å². The van der Waals surface area contributed by atoms with Crippen LogP contribution in [0.3, 0.4) is 0 Å². The zero-order valence-electron chi connectivity index (χ0n) is 10.4. The number of fused-ring (bicyclic) bond motifs is 1. The molecule has 90 valence electrons. The lowest BCUT2D eigenvalue weighted by atomic mass is 10.1. The van der Waals surface area contributed by atoms with E-state index in [0.717, 1.165) is 32.7 Å². The Kier molecular flexibility index (Phi) is 3.30. The Bertz CT molecular complexity index is 357. The molecule has 0 unspecified atom stereocenters. The molecule has 0 aromatic carbocycles. The lowest BCUT2D eigenvalue weighted by Gasteiger charge is -2.26. The van der Waals surface area contributed by atoms with E-state index < -0.39 is 0 Å². The fourth-order valence-corrected chi connectivity index (χ4v) is 2.28. The van der Waals surface area contributed by atoms with Gasteiger partial charge in [0.1, 0.15) is 0 Å². The zero-order chi connectivity index (χ0) is 11.6. The van der Waals surface area contributed by atoms with Gasteiger partial charge in [-0.05, 0) is 20.8 Å². The van der Waals surface area contributed by atoms with Crippen molar-refractivity contribution in [2.24, 2.45) is 0 Å². The van der Waals surface area contributed by atoms with Crippen molar-refractivity contribution >= 4 is 0 Å². The molecule has 16 heavy (non-hydrogen) atoms. The number of rotatable bonds is 4. The van der Waals surface area contributed by atoms with E-state index in [4.69, 9.17) is 4.74 Å². The van der Waals surface area contributed by atoms with Crippen LogP contribution in [0.2, 0.25) is 0 Å². The molecule has 0 atom stereocenters. The summed E-state index contributed by atoms with van der Waals surface area (Å²) in [5.74, 6) is 0. The lowest BCUT2D eigenvalue weighted by Crippen LogP contribution is -2.32. The lowest BCUT2D eigenvalue weighted by molar-refractivity contribution is -0.0229. The molecular weight excluding hydrogens is 202 g/mol. The van der Waals surface area contributed by atoms with Gasteiger partial charge in [0.05, 0.1) is 24.2 Å². The van der Waals surface area contributed by atoms with Crippen molar-refractivity contribution in [1.82, 2.24) is 14.9 Å². The molecule has 0 fully saturated rings. The summed E-state index contributed by atoms with van der Waals surface area (Å²) in [7, 11) is 0. The molecule has 1 N–H and O–H groups in total. The molecule has 1 aromatic rings. The molecule has 0 saturated carbocycles. The van der Waals surface area contributed by atoms with Crippen molar-refractivity contribution in [3.63, 3.8) is 0 Å². The van der Waals surface area contributed by atoms with Gasteiger partial charge in [-0.1, -0.05) is 0 Å². The van der Waals surface area contributed by atoms with Crippen LogP contribution in [0.1, 0.15) is 32.2 Å². The third-order valence-corrected chi connectivity index (χ3v) is 2.95. The maximum absolute atomic E-state index is 5.73. The monoisotopic (exact) mass is 223 g/mol. The van der Waals surface area contributed by atoms with Gasteiger partial charge in [0.25, 0.3) is 0 Å². The first-order chi connectivity index (χ1) is 7.62. The molecule has 1 aliphatic rings. The van der Waals surface area contributed by atoms with Crippen molar-refractivity contribution < 1.29 is 4.74 Å². The van der Waals surface area contributed by atoms with Crippen LogP contribution < -0.4 is 5.32 Å². The molecule has 2 heterocycles. The Morgan fingerprint density at radius 2 is 2.38 bits per heavy atom. The first kappa shape index (κ1) is 11.6. The van der Waals surface area contributed by atoms with Crippen molar-refractivity contribution in [2.45, 2.75) is 45.9 Å². The Morgan fingerprint density at radius 3 is 3.12 bits per heavy atom. The highest BCUT2D eigenvalue weighted by atomic mass is 16.5. The fraction of sp³-hybridized carbons (Fsp3) is 0.750. The highest BCUT2D eigenvalue weighted by molar-refractivity contribution is 5.16. The summed E-state index contributed by atoms with van der Waals surface area (Å²) in [6.45, 7) is 9.88.